The predicted molar refractivity (Wildman–Crippen MR) is 112 cm³/mol. The smallest absolute Gasteiger partial charge is 0.309 e. The van der Waals surface area contributed by atoms with Gasteiger partial charge < -0.3 is 9.30 Å². The SMILES string of the molecule is COC(=O)Cc1cccc(CSc2ncc3c(n2)c(I)cn3C(C)C)c1. The van der Waals surface area contributed by atoms with Crippen LogP contribution in [-0.2, 0) is 21.7 Å². The number of esters is 1. The van der Waals surface area contributed by atoms with Crippen molar-refractivity contribution in [1.29, 1.82) is 0 Å². The second-order valence-electron chi connectivity index (χ2n) is 6.23. The molecule has 3 aromatic rings. The van der Waals surface area contributed by atoms with Crippen molar-refractivity contribution in [2.45, 2.75) is 37.2 Å². The molecule has 0 aliphatic heterocycles. The molecular weight excluding hydrogens is 461 g/mol. The number of methoxy groups -OCH3 is 1. The average Bonchev–Trinajstić information content (AvgIpc) is 2.97. The van der Waals surface area contributed by atoms with Crippen LogP contribution in [0.4, 0.5) is 0 Å². The van der Waals surface area contributed by atoms with E-state index in [2.05, 4.69) is 52.2 Å². The molecule has 0 saturated carbocycles. The number of aromatic nitrogens is 3. The third kappa shape index (κ3) is 4.37. The van der Waals surface area contributed by atoms with Gasteiger partial charge in [0, 0.05) is 18.0 Å². The first-order chi connectivity index (χ1) is 12.5. The molecule has 0 aliphatic rings. The minimum Gasteiger partial charge on any atom is -0.469 e. The number of carbonyl (C=O) groups is 1. The summed E-state index contributed by atoms with van der Waals surface area (Å²) in [5.41, 5.74) is 4.15. The molecule has 2 heterocycles. The van der Waals surface area contributed by atoms with E-state index in [1.807, 2.05) is 30.5 Å². The molecule has 0 unspecified atom stereocenters. The number of thioether (sulfide) groups is 1. The maximum atomic E-state index is 11.4. The van der Waals surface area contributed by atoms with Gasteiger partial charge >= 0.3 is 5.97 Å². The van der Waals surface area contributed by atoms with Gasteiger partial charge in [-0.25, -0.2) is 9.97 Å². The number of halogens is 1. The fourth-order valence-electron chi connectivity index (χ4n) is 2.69. The third-order valence-electron chi connectivity index (χ3n) is 4.00. The second kappa shape index (κ2) is 8.39. The van der Waals surface area contributed by atoms with Crippen molar-refractivity contribution in [3.05, 3.63) is 51.4 Å². The Hall–Kier alpha value is -1.61. The van der Waals surface area contributed by atoms with Crippen LogP contribution in [0.1, 0.15) is 31.0 Å². The van der Waals surface area contributed by atoms with E-state index in [9.17, 15) is 4.79 Å². The summed E-state index contributed by atoms with van der Waals surface area (Å²) >= 11 is 3.92. The fourth-order valence-corrected chi connectivity index (χ4v) is 4.15. The van der Waals surface area contributed by atoms with Gasteiger partial charge in [-0.2, -0.15) is 0 Å². The normalized spacial score (nSPS) is 11.3. The van der Waals surface area contributed by atoms with E-state index in [1.54, 1.807) is 11.8 Å². The minimum absolute atomic E-state index is 0.229. The van der Waals surface area contributed by atoms with Gasteiger partial charge in [-0.05, 0) is 47.6 Å². The highest BCUT2D eigenvalue weighted by Crippen LogP contribution is 2.27. The molecule has 2 aromatic heterocycles. The Bertz CT molecular complexity index is 940. The fraction of sp³-hybridized carbons (Fsp3) is 0.316. The van der Waals surface area contributed by atoms with Gasteiger partial charge in [0.25, 0.3) is 0 Å². The molecule has 3 rings (SSSR count). The average molecular weight is 481 g/mol. The molecule has 0 spiro atoms. The molecule has 136 valence electrons. The first kappa shape index (κ1) is 19.2. The summed E-state index contributed by atoms with van der Waals surface area (Å²) in [6.45, 7) is 4.30. The molecule has 0 N–H and O–H groups in total. The highest BCUT2D eigenvalue weighted by atomic mass is 127. The Morgan fingerprint density at radius 1 is 1.35 bits per heavy atom. The molecule has 0 radical (unpaired) electrons. The Balaban J connectivity index is 1.75. The van der Waals surface area contributed by atoms with Crippen LogP contribution < -0.4 is 0 Å². The van der Waals surface area contributed by atoms with Crippen LogP contribution in [0, 0.1) is 3.57 Å². The van der Waals surface area contributed by atoms with Gasteiger partial charge in [0.15, 0.2) is 5.16 Å². The number of benzene rings is 1. The maximum absolute atomic E-state index is 11.4. The lowest BCUT2D eigenvalue weighted by Gasteiger charge is -2.08. The first-order valence-corrected chi connectivity index (χ1v) is 10.3. The van der Waals surface area contributed by atoms with Gasteiger partial charge in [-0.1, -0.05) is 36.0 Å². The zero-order valence-corrected chi connectivity index (χ0v) is 17.9. The molecule has 0 saturated heterocycles. The summed E-state index contributed by atoms with van der Waals surface area (Å²) in [5, 5.41) is 0.760. The highest BCUT2D eigenvalue weighted by molar-refractivity contribution is 14.1. The second-order valence-corrected chi connectivity index (χ2v) is 8.33. The van der Waals surface area contributed by atoms with Crippen molar-refractivity contribution in [2.24, 2.45) is 0 Å². The Morgan fingerprint density at radius 3 is 2.85 bits per heavy atom. The van der Waals surface area contributed by atoms with Crippen LogP contribution in [0.25, 0.3) is 11.0 Å². The van der Waals surface area contributed by atoms with Crippen molar-refractivity contribution in [2.75, 3.05) is 7.11 Å². The van der Waals surface area contributed by atoms with Gasteiger partial charge in [0.05, 0.1) is 28.8 Å². The summed E-state index contributed by atoms with van der Waals surface area (Å²) in [5.74, 6) is 0.523. The molecule has 0 amide bonds. The largest absolute Gasteiger partial charge is 0.469 e. The Morgan fingerprint density at radius 2 is 2.12 bits per heavy atom. The molecule has 0 atom stereocenters. The van der Waals surface area contributed by atoms with Gasteiger partial charge in [-0.3, -0.25) is 4.79 Å². The van der Waals surface area contributed by atoms with E-state index in [1.165, 1.54) is 7.11 Å². The lowest BCUT2D eigenvalue weighted by molar-refractivity contribution is -0.139. The summed E-state index contributed by atoms with van der Waals surface area (Å²) in [4.78, 5) is 20.7. The van der Waals surface area contributed by atoms with Gasteiger partial charge in [0.1, 0.15) is 5.52 Å². The summed E-state index contributed by atoms with van der Waals surface area (Å²) < 4.78 is 8.06. The molecule has 26 heavy (non-hydrogen) atoms. The number of fused-ring (bicyclic) bond motifs is 1. The lowest BCUT2D eigenvalue weighted by Crippen LogP contribution is -2.04. The van der Waals surface area contributed by atoms with E-state index in [-0.39, 0.29) is 5.97 Å². The topological polar surface area (TPSA) is 57.0 Å². The molecular formula is C19H20IN3O2S. The zero-order chi connectivity index (χ0) is 18.7. The summed E-state index contributed by atoms with van der Waals surface area (Å²) in [6, 6.07) is 8.35. The van der Waals surface area contributed by atoms with E-state index in [0.29, 0.717) is 12.5 Å². The summed E-state index contributed by atoms with van der Waals surface area (Å²) in [7, 11) is 1.41. The Labute approximate surface area is 170 Å². The number of ether oxygens (including phenoxy) is 1. The standard InChI is InChI=1S/C19H20IN3O2S/c1-12(2)23-10-15(20)18-16(23)9-21-19(22-18)26-11-14-6-4-5-13(7-14)8-17(24)25-3/h4-7,9-10,12H,8,11H2,1-3H3. The van der Waals surface area contributed by atoms with Crippen LogP contribution in [0.15, 0.2) is 41.8 Å². The summed E-state index contributed by atoms with van der Waals surface area (Å²) in [6.07, 6.45) is 4.31. The lowest BCUT2D eigenvalue weighted by atomic mass is 10.1. The van der Waals surface area contributed by atoms with E-state index in [0.717, 1.165) is 36.6 Å². The molecule has 7 heteroatoms. The number of hydrogen-bond donors (Lipinski definition) is 0. The number of rotatable bonds is 6. The van der Waals surface area contributed by atoms with Crippen LogP contribution in [0.3, 0.4) is 0 Å². The molecule has 1 aromatic carbocycles. The zero-order valence-electron chi connectivity index (χ0n) is 14.9. The molecule has 0 bridgehead atoms. The van der Waals surface area contributed by atoms with Crippen molar-refractivity contribution >= 4 is 51.4 Å². The quantitative estimate of drug-likeness (QED) is 0.223. The first-order valence-electron chi connectivity index (χ1n) is 8.28. The Kier molecular flexibility index (Phi) is 6.18. The van der Waals surface area contributed by atoms with Crippen LogP contribution in [0.5, 0.6) is 0 Å². The highest BCUT2D eigenvalue weighted by Gasteiger charge is 2.12. The van der Waals surface area contributed by atoms with Crippen molar-refractivity contribution in [3.8, 4) is 0 Å². The number of carbonyl (C=O) groups excluding carboxylic acids is 1. The van der Waals surface area contributed by atoms with Crippen LogP contribution in [0.2, 0.25) is 0 Å². The molecule has 0 aliphatic carbocycles. The number of nitrogens with zero attached hydrogens (tertiary/aromatic N) is 3. The van der Waals surface area contributed by atoms with E-state index >= 15 is 0 Å². The van der Waals surface area contributed by atoms with Crippen molar-refractivity contribution in [3.63, 3.8) is 0 Å². The van der Waals surface area contributed by atoms with Gasteiger partial charge in [-0.15, -0.1) is 0 Å². The van der Waals surface area contributed by atoms with Gasteiger partial charge in [0.2, 0.25) is 0 Å². The van der Waals surface area contributed by atoms with Crippen LogP contribution in [-0.4, -0.2) is 27.6 Å². The minimum atomic E-state index is -0.229. The van der Waals surface area contributed by atoms with E-state index in [4.69, 9.17) is 9.72 Å². The maximum Gasteiger partial charge on any atom is 0.309 e. The molecule has 5 nitrogen and oxygen atoms in total. The van der Waals surface area contributed by atoms with Crippen molar-refractivity contribution < 1.29 is 9.53 Å². The van der Waals surface area contributed by atoms with Crippen LogP contribution >= 0.6 is 34.4 Å². The van der Waals surface area contributed by atoms with Crippen molar-refractivity contribution in [1.82, 2.24) is 14.5 Å². The monoisotopic (exact) mass is 481 g/mol. The number of hydrogen-bond acceptors (Lipinski definition) is 5. The third-order valence-corrected chi connectivity index (χ3v) is 5.72. The predicted octanol–water partition coefficient (Wildman–Crippen LogP) is 4.62. The molecule has 0 fully saturated rings. The van der Waals surface area contributed by atoms with E-state index < -0.39 is 0 Å².